The van der Waals surface area contributed by atoms with Gasteiger partial charge in [0.1, 0.15) is 16.5 Å². The molecule has 0 fully saturated rings. The van der Waals surface area contributed by atoms with Gasteiger partial charge in [0.15, 0.2) is 0 Å². The molecule has 3 aromatic rings. The van der Waals surface area contributed by atoms with Crippen molar-refractivity contribution in [1.29, 1.82) is 0 Å². The summed E-state index contributed by atoms with van der Waals surface area (Å²) in [4.78, 5) is 12.5. The molecule has 0 saturated carbocycles. The Bertz CT molecular complexity index is 1050. The minimum absolute atomic E-state index is 0.0415. The highest BCUT2D eigenvalue weighted by molar-refractivity contribution is 6.36. The van der Waals surface area contributed by atoms with E-state index in [9.17, 15) is 4.79 Å². The second-order valence-electron chi connectivity index (χ2n) is 5.32. The van der Waals surface area contributed by atoms with Crippen LogP contribution in [-0.4, -0.2) is 23.1 Å². The summed E-state index contributed by atoms with van der Waals surface area (Å²) in [6.45, 7) is 0. The van der Waals surface area contributed by atoms with Gasteiger partial charge in [0.2, 0.25) is 0 Å². The summed E-state index contributed by atoms with van der Waals surface area (Å²) < 4.78 is 6.28. The third-order valence-electron chi connectivity index (χ3n) is 3.59. The first-order valence-electron chi connectivity index (χ1n) is 7.66. The van der Waals surface area contributed by atoms with E-state index in [2.05, 4.69) is 15.6 Å². The van der Waals surface area contributed by atoms with Crippen LogP contribution in [0.2, 0.25) is 15.1 Å². The number of ether oxygens (including phenoxy) is 1. The Morgan fingerprint density at radius 2 is 1.89 bits per heavy atom. The lowest BCUT2D eigenvalue weighted by molar-refractivity contribution is 0.414. The zero-order valence-electron chi connectivity index (χ0n) is 14.0. The second kappa shape index (κ2) is 8.43. The maximum Gasteiger partial charge on any atom is 0.292 e. The quantitative estimate of drug-likeness (QED) is 0.479. The average Bonchev–Trinajstić information content (AvgIpc) is 2.67. The van der Waals surface area contributed by atoms with Crippen molar-refractivity contribution in [3.8, 4) is 11.4 Å². The molecule has 0 spiro atoms. The number of methoxy groups -OCH3 is 1. The molecule has 3 rings (SSSR count). The molecule has 6 nitrogen and oxygen atoms in total. The van der Waals surface area contributed by atoms with Crippen molar-refractivity contribution in [3.63, 3.8) is 0 Å². The predicted molar refractivity (Wildman–Crippen MR) is 109 cm³/mol. The fraction of sp³-hybridized carbons (Fsp3) is 0.0556. The summed E-state index contributed by atoms with van der Waals surface area (Å²) >= 11 is 18.1. The van der Waals surface area contributed by atoms with Gasteiger partial charge in [-0.2, -0.15) is 14.9 Å². The molecule has 0 atom stereocenters. The van der Waals surface area contributed by atoms with Crippen molar-refractivity contribution in [2.75, 3.05) is 12.5 Å². The van der Waals surface area contributed by atoms with Crippen molar-refractivity contribution < 1.29 is 4.74 Å². The van der Waals surface area contributed by atoms with Crippen LogP contribution in [0.15, 0.2) is 58.6 Å². The summed E-state index contributed by atoms with van der Waals surface area (Å²) in [7, 11) is 1.56. The van der Waals surface area contributed by atoms with Crippen LogP contribution in [0.5, 0.6) is 5.75 Å². The number of hydrogen-bond acceptors (Lipinski definition) is 5. The zero-order valence-corrected chi connectivity index (χ0v) is 16.3. The summed E-state index contributed by atoms with van der Waals surface area (Å²) in [6, 6.07) is 11.9. The highest BCUT2D eigenvalue weighted by Crippen LogP contribution is 2.20. The monoisotopic (exact) mass is 422 g/mol. The minimum atomic E-state index is -0.480. The number of anilines is 1. The van der Waals surface area contributed by atoms with Gasteiger partial charge < -0.3 is 4.74 Å². The first-order chi connectivity index (χ1) is 13.0. The van der Waals surface area contributed by atoms with Gasteiger partial charge >= 0.3 is 0 Å². The first kappa shape index (κ1) is 19.2. The molecule has 1 heterocycles. The van der Waals surface area contributed by atoms with Gasteiger partial charge in [0, 0.05) is 10.6 Å². The van der Waals surface area contributed by atoms with E-state index in [0.717, 1.165) is 0 Å². The molecule has 0 radical (unpaired) electrons. The lowest BCUT2D eigenvalue weighted by Gasteiger charge is -2.08. The van der Waals surface area contributed by atoms with Gasteiger partial charge in [-0.15, -0.1) is 0 Å². The number of benzene rings is 2. The Kier molecular flexibility index (Phi) is 6.01. The molecule has 2 aromatic carbocycles. The van der Waals surface area contributed by atoms with Crippen LogP contribution < -0.4 is 15.7 Å². The summed E-state index contributed by atoms with van der Waals surface area (Å²) in [5.74, 6) is 0.673. The minimum Gasteiger partial charge on any atom is -0.497 e. The van der Waals surface area contributed by atoms with E-state index in [4.69, 9.17) is 39.5 Å². The van der Waals surface area contributed by atoms with Gasteiger partial charge in [0.05, 0.1) is 30.2 Å². The number of hydrogen-bond donors (Lipinski definition) is 1. The molecule has 0 bridgehead atoms. The Hall–Kier alpha value is -2.54. The lowest BCUT2D eigenvalue weighted by atomic mass is 10.2. The molecule has 0 unspecified atom stereocenters. The third kappa shape index (κ3) is 4.42. The normalized spacial score (nSPS) is 11.0. The largest absolute Gasteiger partial charge is 0.497 e. The molecule has 1 N–H and O–H groups in total. The van der Waals surface area contributed by atoms with E-state index in [1.165, 1.54) is 17.1 Å². The first-order valence-corrected chi connectivity index (χ1v) is 8.79. The van der Waals surface area contributed by atoms with Crippen LogP contribution in [0.1, 0.15) is 5.56 Å². The van der Waals surface area contributed by atoms with Crippen LogP contribution in [0.25, 0.3) is 5.69 Å². The topological polar surface area (TPSA) is 68.5 Å². The zero-order chi connectivity index (χ0) is 19.4. The van der Waals surface area contributed by atoms with Crippen LogP contribution in [0.3, 0.4) is 0 Å². The fourth-order valence-corrected chi connectivity index (χ4v) is 2.82. The molecule has 9 heteroatoms. The van der Waals surface area contributed by atoms with Crippen molar-refractivity contribution >= 4 is 46.7 Å². The lowest BCUT2D eigenvalue weighted by Crippen LogP contribution is -2.22. The summed E-state index contributed by atoms with van der Waals surface area (Å²) in [5, 5.41) is 9.09. The SMILES string of the molecule is COc1ccc(-n2ncc(N/N=C\c3ccc(Cl)cc3Cl)c(Cl)c2=O)cc1. The van der Waals surface area contributed by atoms with Crippen molar-refractivity contribution in [2.24, 2.45) is 5.10 Å². The fourth-order valence-electron chi connectivity index (χ4n) is 2.20. The molecule has 0 aliphatic heterocycles. The van der Waals surface area contributed by atoms with E-state index in [-0.39, 0.29) is 10.7 Å². The Balaban J connectivity index is 1.82. The third-order valence-corrected chi connectivity index (χ3v) is 4.51. The number of nitrogens with one attached hydrogen (secondary N) is 1. The Morgan fingerprint density at radius 3 is 2.56 bits per heavy atom. The van der Waals surface area contributed by atoms with Gasteiger partial charge in [-0.25, -0.2) is 0 Å². The molecular weight excluding hydrogens is 411 g/mol. The van der Waals surface area contributed by atoms with Gasteiger partial charge in [-0.05, 0) is 36.4 Å². The maximum atomic E-state index is 12.5. The van der Waals surface area contributed by atoms with E-state index in [1.807, 2.05) is 0 Å². The van der Waals surface area contributed by atoms with E-state index in [0.29, 0.717) is 27.0 Å². The molecule has 0 aliphatic rings. The summed E-state index contributed by atoms with van der Waals surface area (Å²) in [6.07, 6.45) is 2.90. The Morgan fingerprint density at radius 1 is 1.15 bits per heavy atom. The molecular formula is C18H13Cl3N4O2. The molecule has 27 heavy (non-hydrogen) atoms. The molecule has 0 amide bonds. The van der Waals surface area contributed by atoms with Crippen molar-refractivity contribution in [3.05, 3.63) is 79.6 Å². The van der Waals surface area contributed by atoms with E-state index in [1.54, 1.807) is 49.6 Å². The van der Waals surface area contributed by atoms with E-state index >= 15 is 0 Å². The number of nitrogens with zero attached hydrogens (tertiary/aromatic N) is 3. The van der Waals surface area contributed by atoms with Gasteiger partial charge in [-0.3, -0.25) is 10.2 Å². The molecule has 138 valence electrons. The van der Waals surface area contributed by atoms with Gasteiger partial charge in [-0.1, -0.05) is 40.9 Å². The van der Waals surface area contributed by atoms with Crippen LogP contribution in [0.4, 0.5) is 5.69 Å². The number of hydrazone groups is 1. The van der Waals surface area contributed by atoms with Crippen molar-refractivity contribution in [1.82, 2.24) is 9.78 Å². The number of halogens is 3. The van der Waals surface area contributed by atoms with Crippen LogP contribution >= 0.6 is 34.8 Å². The maximum absolute atomic E-state index is 12.5. The molecule has 0 saturated heterocycles. The average molecular weight is 424 g/mol. The Labute approximate surface area is 169 Å². The number of rotatable bonds is 5. The van der Waals surface area contributed by atoms with Gasteiger partial charge in [0.25, 0.3) is 5.56 Å². The predicted octanol–water partition coefficient (Wildman–Crippen LogP) is 4.65. The highest BCUT2D eigenvalue weighted by Gasteiger charge is 2.10. The number of aromatic nitrogens is 2. The van der Waals surface area contributed by atoms with Crippen molar-refractivity contribution in [2.45, 2.75) is 0 Å². The van der Waals surface area contributed by atoms with Crippen LogP contribution in [0, 0.1) is 0 Å². The second-order valence-corrected chi connectivity index (χ2v) is 6.54. The standard InChI is InChI=1S/C18H13Cl3N4O2/c1-27-14-6-4-13(5-7-14)25-18(26)17(21)16(10-23-25)24-22-9-11-2-3-12(19)8-15(11)20/h2-10,24H,1H3/b22-9-. The van der Waals surface area contributed by atoms with Crippen LogP contribution in [-0.2, 0) is 0 Å². The molecule has 1 aromatic heterocycles. The highest BCUT2D eigenvalue weighted by atomic mass is 35.5. The summed E-state index contributed by atoms with van der Waals surface area (Å²) in [5.41, 5.74) is 3.70. The smallest absolute Gasteiger partial charge is 0.292 e. The molecule has 0 aliphatic carbocycles. The van der Waals surface area contributed by atoms with E-state index < -0.39 is 5.56 Å².